The highest BCUT2D eigenvalue weighted by atomic mass is 16.6. The normalized spacial score (nSPS) is 11.7. The van der Waals surface area contributed by atoms with Gasteiger partial charge in [0.05, 0.1) is 6.61 Å². The summed E-state index contributed by atoms with van der Waals surface area (Å²) in [5.41, 5.74) is 2.27. The van der Waals surface area contributed by atoms with Crippen molar-refractivity contribution in [3.05, 3.63) is 48.5 Å². The van der Waals surface area contributed by atoms with Crippen LogP contribution in [0, 0.1) is 0 Å². The first kappa shape index (κ1) is 28.7. The fourth-order valence-corrected chi connectivity index (χ4v) is 3.96. The fraction of sp³-hybridized carbons (Fsp3) is 0.581. The van der Waals surface area contributed by atoms with E-state index in [9.17, 15) is 4.79 Å². The smallest absolute Gasteiger partial charge is 0.306 e. The molecule has 0 N–H and O–H groups in total. The maximum absolute atomic E-state index is 12.0. The molecule has 2 aromatic carbocycles. The predicted molar refractivity (Wildman–Crippen MR) is 145 cm³/mol. The van der Waals surface area contributed by atoms with E-state index in [0.717, 1.165) is 48.5 Å². The van der Waals surface area contributed by atoms with Gasteiger partial charge in [0, 0.05) is 6.42 Å². The molecule has 0 radical (unpaired) electrons. The molecule has 2 rings (SSSR count). The second-order valence-electron chi connectivity index (χ2n) is 9.44. The molecule has 0 saturated carbocycles. The lowest BCUT2D eigenvalue weighted by atomic mass is 10.1. The second kappa shape index (κ2) is 17.9. The van der Waals surface area contributed by atoms with E-state index in [0.29, 0.717) is 13.0 Å². The number of carbonyl (C=O) groups is 1. The molecule has 0 aliphatic rings. The molecule has 35 heavy (non-hydrogen) atoms. The van der Waals surface area contributed by atoms with Crippen LogP contribution in [0.15, 0.2) is 48.5 Å². The molecule has 0 amide bonds. The van der Waals surface area contributed by atoms with Gasteiger partial charge in [-0.3, -0.25) is 4.79 Å². The lowest BCUT2D eigenvalue weighted by Gasteiger charge is -2.15. The van der Waals surface area contributed by atoms with Crippen molar-refractivity contribution in [2.24, 2.45) is 0 Å². The zero-order valence-corrected chi connectivity index (χ0v) is 22.2. The van der Waals surface area contributed by atoms with Crippen LogP contribution in [0.2, 0.25) is 0 Å². The Hall–Kier alpha value is -2.49. The Morgan fingerprint density at radius 3 is 1.71 bits per heavy atom. The molecule has 0 spiro atoms. The molecule has 0 bridgehead atoms. The number of ether oxygens (including phenoxy) is 3. The Morgan fingerprint density at radius 2 is 1.14 bits per heavy atom. The van der Waals surface area contributed by atoms with Crippen LogP contribution in [0.3, 0.4) is 0 Å². The Labute approximate surface area is 213 Å². The van der Waals surface area contributed by atoms with Gasteiger partial charge in [-0.05, 0) is 55.2 Å². The molecule has 194 valence electrons. The molecule has 0 saturated heterocycles. The summed E-state index contributed by atoms with van der Waals surface area (Å²) in [4.78, 5) is 12.0. The van der Waals surface area contributed by atoms with Crippen molar-refractivity contribution >= 4 is 5.97 Å². The summed E-state index contributed by atoms with van der Waals surface area (Å²) in [6.45, 7) is 7.44. The summed E-state index contributed by atoms with van der Waals surface area (Å²) < 4.78 is 17.2. The molecule has 1 unspecified atom stereocenters. The van der Waals surface area contributed by atoms with Gasteiger partial charge in [0.2, 0.25) is 0 Å². The maximum atomic E-state index is 12.0. The lowest BCUT2D eigenvalue weighted by Crippen LogP contribution is -2.21. The van der Waals surface area contributed by atoms with Gasteiger partial charge in [0.15, 0.2) is 0 Å². The van der Waals surface area contributed by atoms with Gasteiger partial charge in [-0.1, -0.05) is 95.9 Å². The number of unbranched alkanes of at least 4 members (excludes halogenated alkanes) is 9. The van der Waals surface area contributed by atoms with E-state index in [1.54, 1.807) is 0 Å². The fourth-order valence-electron chi connectivity index (χ4n) is 3.96. The summed E-state index contributed by atoms with van der Waals surface area (Å²) in [5.74, 6) is 1.56. The van der Waals surface area contributed by atoms with Crippen molar-refractivity contribution in [2.45, 2.75) is 104 Å². The van der Waals surface area contributed by atoms with Gasteiger partial charge in [-0.15, -0.1) is 0 Å². The number of hydrogen-bond donors (Lipinski definition) is 0. The first-order valence-corrected chi connectivity index (χ1v) is 13.8. The third-order valence-corrected chi connectivity index (χ3v) is 6.11. The number of rotatable bonds is 19. The Morgan fingerprint density at radius 1 is 0.657 bits per heavy atom. The third kappa shape index (κ3) is 12.7. The average Bonchev–Trinajstić information content (AvgIpc) is 2.87. The average molecular weight is 483 g/mol. The van der Waals surface area contributed by atoms with Gasteiger partial charge in [-0.2, -0.15) is 0 Å². The van der Waals surface area contributed by atoms with Crippen LogP contribution in [-0.4, -0.2) is 25.3 Å². The monoisotopic (exact) mass is 482 g/mol. The largest absolute Gasteiger partial charge is 0.494 e. The van der Waals surface area contributed by atoms with Crippen LogP contribution >= 0.6 is 0 Å². The molecule has 0 aromatic heterocycles. The molecular weight excluding hydrogens is 436 g/mol. The van der Waals surface area contributed by atoms with Crippen molar-refractivity contribution in [1.82, 2.24) is 0 Å². The Bertz CT molecular complexity index is 798. The van der Waals surface area contributed by atoms with Crippen molar-refractivity contribution in [1.29, 1.82) is 0 Å². The Kier molecular flexibility index (Phi) is 14.7. The van der Waals surface area contributed by atoms with E-state index in [1.165, 1.54) is 51.4 Å². The van der Waals surface area contributed by atoms with Gasteiger partial charge < -0.3 is 14.2 Å². The molecular formula is C31H46O4. The van der Waals surface area contributed by atoms with Crippen molar-refractivity contribution in [3.8, 4) is 22.6 Å². The van der Waals surface area contributed by atoms with Gasteiger partial charge in [0.25, 0.3) is 0 Å². The minimum absolute atomic E-state index is 0.132. The predicted octanol–water partition coefficient (Wildman–Crippen LogP) is 8.76. The van der Waals surface area contributed by atoms with E-state index >= 15 is 0 Å². The van der Waals surface area contributed by atoms with E-state index in [-0.39, 0.29) is 12.1 Å². The molecule has 0 heterocycles. The molecule has 2 aromatic rings. The summed E-state index contributed by atoms with van der Waals surface area (Å²) in [7, 11) is 0. The minimum Gasteiger partial charge on any atom is -0.494 e. The van der Waals surface area contributed by atoms with Gasteiger partial charge in [-0.25, -0.2) is 0 Å². The number of benzene rings is 2. The van der Waals surface area contributed by atoms with Crippen LogP contribution in [0.25, 0.3) is 11.1 Å². The first-order valence-electron chi connectivity index (χ1n) is 13.8. The van der Waals surface area contributed by atoms with Crippen molar-refractivity contribution in [2.75, 3.05) is 13.2 Å². The molecule has 0 aliphatic heterocycles. The second-order valence-corrected chi connectivity index (χ2v) is 9.44. The summed E-state index contributed by atoms with van der Waals surface area (Å²) in [5, 5.41) is 0. The van der Waals surface area contributed by atoms with Gasteiger partial charge >= 0.3 is 5.97 Å². The molecule has 0 fully saturated rings. The third-order valence-electron chi connectivity index (χ3n) is 6.11. The maximum Gasteiger partial charge on any atom is 0.306 e. The first-order chi connectivity index (χ1) is 17.1. The lowest BCUT2D eigenvalue weighted by molar-refractivity contribution is -0.149. The highest BCUT2D eigenvalue weighted by Crippen LogP contribution is 2.25. The SMILES string of the molecule is CCCCCCCCOc1ccc(-c2ccc(OCC(C)OC(=O)CCCCCCC)cc2)cc1. The van der Waals surface area contributed by atoms with Crippen LogP contribution in [0.4, 0.5) is 0 Å². The van der Waals surface area contributed by atoms with Crippen LogP contribution in [0.5, 0.6) is 11.5 Å². The van der Waals surface area contributed by atoms with E-state index in [2.05, 4.69) is 38.1 Å². The zero-order chi connectivity index (χ0) is 25.1. The molecule has 4 heteroatoms. The minimum atomic E-state index is -0.262. The Balaban J connectivity index is 1.67. The van der Waals surface area contributed by atoms with Crippen LogP contribution < -0.4 is 9.47 Å². The van der Waals surface area contributed by atoms with E-state index < -0.39 is 0 Å². The summed E-state index contributed by atoms with van der Waals surface area (Å²) in [6, 6.07) is 16.3. The summed E-state index contributed by atoms with van der Waals surface area (Å²) >= 11 is 0. The quantitative estimate of drug-likeness (QED) is 0.148. The van der Waals surface area contributed by atoms with Crippen molar-refractivity contribution < 1.29 is 19.0 Å². The van der Waals surface area contributed by atoms with E-state index in [1.807, 2.05) is 31.2 Å². The summed E-state index contributed by atoms with van der Waals surface area (Å²) in [6.07, 6.45) is 13.5. The highest BCUT2D eigenvalue weighted by Gasteiger charge is 2.10. The van der Waals surface area contributed by atoms with Crippen LogP contribution in [0.1, 0.15) is 97.8 Å². The molecule has 0 aliphatic carbocycles. The van der Waals surface area contributed by atoms with E-state index in [4.69, 9.17) is 14.2 Å². The van der Waals surface area contributed by atoms with Gasteiger partial charge in [0.1, 0.15) is 24.2 Å². The molecule has 4 nitrogen and oxygen atoms in total. The topological polar surface area (TPSA) is 44.8 Å². The number of carbonyl (C=O) groups excluding carboxylic acids is 1. The number of esters is 1. The van der Waals surface area contributed by atoms with Crippen molar-refractivity contribution in [3.63, 3.8) is 0 Å². The molecule has 1 atom stereocenters. The highest BCUT2D eigenvalue weighted by molar-refractivity contribution is 5.69. The standard InChI is InChI=1S/C31H46O4/c1-4-6-8-10-12-14-24-33-29-20-16-27(17-21-29)28-18-22-30(23-19-28)34-25-26(3)35-31(32)15-13-11-9-7-5-2/h16-23,26H,4-15,24-25H2,1-3H3. The number of hydrogen-bond acceptors (Lipinski definition) is 4. The van der Waals surface area contributed by atoms with Crippen LogP contribution in [-0.2, 0) is 9.53 Å². The zero-order valence-electron chi connectivity index (χ0n) is 22.2.